The molecule has 0 aliphatic rings. The van der Waals surface area contributed by atoms with Gasteiger partial charge in [0.15, 0.2) is 0 Å². The lowest BCUT2D eigenvalue weighted by molar-refractivity contribution is -0.160. The number of nitrogen functional groups attached to an aromatic ring is 1. The third-order valence-corrected chi connectivity index (χ3v) is 2.67. The Hall–Kier alpha value is -1.33. The zero-order valence-electron chi connectivity index (χ0n) is 11.5. The monoisotopic (exact) mass is 286 g/mol. The first-order valence-electron chi connectivity index (χ1n) is 5.87. The van der Waals surface area contributed by atoms with Gasteiger partial charge >= 0.3 is 5.97 Å². The summed E-state index contributed by atoms with van der Waals surface area (Å²) < 4.78 is 5.17. The number of hydrogen-bond donors (Lipinski definition) is 2. The minimum atomic E-state index is -1.53. The van der Waals surface area contributed by atoms with Gasteiger partial charge in [-0.15, -0.1) is 0 Å². The van der Waals surface area contributed by atoms with Crippen molar-refractivity contribution in [3.63, 3.8) is 0 Å². The van der Waals surface area contributed by atoms with Crippen LogP contribution in [0.1, 0.15) is 39.7 Å². The molecule has 0 bridgehead atoms. The quantitative estimate of drug-likeness (QED) is 0.657. The van der Waals surface area contributed by atoms with Crippen LogP contribution in [0.2, 0.25) is 5.15 Å². The van der Waals surface area contributed by atoms with Crippen molar-refractivity contribution in [2.75, 3.05) is 5.73 Å². The number of carbonyl (C=O) groups is 1. The van der Waals surface area contributed by atoms with E-state index in [1.807, 2.05) is 0 Å². The number of rotatable bonds is 3. The minimum Gasteiger partial charge on any atom is -0.460 e. The van der Waals surface area contributed by atoms with Crippen LogP contribution in [0.4, 0.5) is 5.69 Å². The van der Waals surface area contributed by atoms with E-state index in [0.29, 0.717) is 0 Å². The van der Waals surface area contributed by atoms with E-state index in [0.717, 1.165) is 0 Å². The fraction of sp³-hybridized carbons (Fsp3) is 0.538. The maximum absolute atomic E-state index is 11.8. The van der Waals surface area contributed by atoms with E-state index in [1.165, 1.54) is 19.2 Å². The number of ether oxygens (including phenoxy) is 1. The van der Waals surface area contributed by atoms with Crippen molar-refractivity contribution >= 4 is 23.3 Å². The Labute approximate surface area is 117 Å². The molecule has 6 heteroatoms. The topological polar surface area (TPSA) is 85.4 Å². The van der Waals surface area contributed by atoms with Crippen molar-refractivity contribution in [1.29, 1.82) is 0 Å². The summed E-state index contributed by atoms with van der Waals surface area (Å²) in [6.45, 7) is 6.72. The lowest BCUT2D eigenvalue weighted by atomic mass is 9.92. The summed E-state index contributed by atoms with van der Waals surface area (Å²) in [6, 6.07) is 1.52. The van der Waals surface area contributed by atoms with E-state index in [4.69, 9.17) is 22.1 Å². The Morgan fingerprint density at radius 1 is 1.47 bits per heavy atom. The largest absolute Gasteiger partial charge is 0.460 e. The number of esters is 1. The van der Waals surface area contributed by atoms with E-state index in [9.17, 15) is 9.90 Å². The normalized spacial score (nSPS) is 14.8. The standard InChI is InChI=1S/C13H19ClN2O3/c1-12(2,3)19-9(17)7-13(4,18)10-8(15)5-6-16-11(10)14/h5-6,18H,7H2,1-4H3,(H2,15,16). The second-order valence-corrected chi connectivity index (χ2v) is 5.96. The first-order chi connectivity index (χ1) is 8.53. The number of anilines is 1. The average Bonchev–Trinajstić information content (AvgIpc) is 2.11. The molecule has 1 heterocycles. The van der Waals surface area contributed by atoms with Crippen molar-refractivity contribution < 1.29 is 14.6 Å². The smallest absolute Gasteiger partial charge is 0.309 e. The summed E-state index contributed by atoms with van der Waals surface area (Å²) in [4.78, 5) is 15.6. The third kappa shape index (κ3) is 4.36. The Morgan fingerprint density at radius 3 is 2.53 bits per heavy atom. The van der Waals surface area contributed by atoms with Crippen molar-refractivity contribution in [3.8, 4) is 0 Å². The number of aliphatic hydroxyl groups is 1. The van der Waals surface area contributed by atoms with Crippen LogP contribution in [0.25, 0.3) is 0 Å². The second-order valence-electron chi connectivity index (χ2n) is 5.60. The fourth-order valence-electron chi connectivity index (χ4n) is 1.73. The molecule has 0 radical (unpaired) electrons. The van der Waals surface area contributed by atoms with Crippen LogP contribution in [0.5, 0.6) is 0 Å². The van der Waals surface area contributed by atoms with Crippen molar-refractivity contribution in [3.05, 3.63) is 23.0 Å². The van der Waals surface area contributed by atoms with Gasteiger partial charge in [-0.05, 0) is 33.8 Å². The van der Waals surface area contributed by atoms with E-state index in [-0.39, 0.29) is 22.8 Å². The molecule has 1 atom stereocenters. The molecule has 0 saturated carbocycles. The summed E-state index contributed by atoms with van der Waals surface area (Å²) in [5, 5.41) is 10.5. The van der Waals surface area contributed by atoms with Gasteiger partial charge in [0.25, 0.3) is 0 Å². The molecule has 0 aliphatic carbocycles. The second kappa shape index (κ2) is 5.35. The first kappa shape index (κ1) is 15.7. The number of nitrogens with zero attached hydrogens (tertiary/aromatic N) is 1. The lowest BCUT2D eigenvalue weighted by Crippen LogP contribution is -2.32. The van der Waals surface area contributed by atoms with Gasteiger partial charge in [-0.1, -0.05) is 11.6 Å². The van der Waals surface area contributed by atoms with Gasteiger partial charge < -0.3 is 15.6 Å². The molecule has 1 unspecified atom stereocenters. The van der Waals surface area contributed by atoms with Gasteiger partial charge in [0, 0.05) is 17.4 Å². The van der Waals surface area contributed by atoms with E-state index in [2.05, 4.69) is 4.98 Å². The third-order valence-electron chi connectivity index (χ3n) is 2.38. The minimum absolute atomic E-state index is 0.0774. The molecule has 0 spiro atoms. The summed E-state index contributed by atoms with van der Waals surface area (Å²) in [5.41, 5.74) is 4.15. The summed E-state index contributed by atoms with van der Waals surface area (Å²) in [7, 11) is 0. The molecule has 0 aromatic carbocycles. The maximum Gasteiger partial charge on any atom is 0.309 e. The number of aromatic nitrogens is 1. The molecule has 0 saturated heterocycles. The van der Waals surface area contributed by atoms with Crippen LogP contribution in [-0.4, -0.2) is 21.7 Å². The zero-order valence-corrected chi connectivity index (χ0v) is 12.3. The van der Waals surface area contributed by atoms with Crippen LogP contribution in [0.15, 0.2) is 12.3 Å². The summed E-state index contributed by atoms with van der Waals surface area (Å²) in [5.74, 6) is -0.531. The molecule has 19 heavy (non-hydrogen) atoms. The Morgan fingerprint density at radius 2 is 2.05 bits per heavy atom. The number of carbonyl (C=O) groups excluding carboxylic acids is 1. The molecule has 1 aromatic heterocycles. The zero-order chi connectivity index (χ0) is 14.8. The molecule has 106 valence electrons. The van der Waals surface area contributed by atoms with Crippen LogP contribution in [0.3, 0.4) is 0 Å². The van der Waals surface area contributed by atoms with E-state index in [1.54, 1.807) is 20.8 Å². The number of nitrogens with two attached hydrogens (primary N) is 1. The predicted octanol–water partition coefficient (Wildman–Crippen LogP) is 2.26. The maximum atomic E-state index is 11.8. The molecule has 0 fully saturated rings. The molecule has 1 aromatic rings. The van der Waals surface area contributed by atoms with Gasteiger partial charge in [0.1, 0.15) is 16.4 Å². The number of halogens is 1. The molecule has 0 aliphatic heterocycles. The molecule has 5 nitrogen and oxygen atoms in total. The van der Waals surface area contributed by atoms with Gasteiger partial charge in [-0.2, -0.15) is 0 Å². The molecule has 3 N–H and O–H groups in total. The highest BCUT2D eigenvalue weighted by molar-refractivity contribution is 6.30. The van der Waals surface area contributed by atoms with E-state index >= 15 is 0 Å². The summed E-state index contributed by atoms with van der Waals surface area (Å²) >= 11 is 5.93. The molecule has 0 amide bonds. The highest BCUT2D eigenvalue weighted by Gasteiger charge is 2.33. The molecule has 1 rings (SSSR count). The van der Waals surface area contributed by atoms with Crippen LogP contribution >= 0.6 is 11.6 Å². The average molecular weight is 287 g/mol. The van der Waals surface area contributed by atoms with Crippen LogP contribution in [-0.2, 0) is 15.1 Å². The number of pyridine rings is 1. The highest BCUT2D eigenvalue weighted by Crippen LogP contribution is 2.34. The van der Waals surface area contributed by atoms with Gasteiger partial charge in [-0.25, -0.2) is 4.98 Å². The van der Waals surface area contributed by atoms with Gasteiger partial charge in [0.2, 0.25) is 0 Å². The van der Waals surface area contributed by atoms with Crippen molar-refractivity contribution in [1.82, 2.24) is 4.98 Å². The van der Waals surface area contributed by atoms with Gasteiger partial charge in [0.05, 0.1) is 6.42 Å². The SMILES string of the molecule is CC(C)(C)OC(=O)CC(C)(O)c1c(N)ccnc1Cl. The lowest BCUT2D eigenvalue weighted by Gasteiger charge is -2.27. The Bertz CT molecular complexity index is 461. The molecular formula is C13H19ClN2O3. The predicted molar refractivity (Wildman–Crippen MR) is 73.7 cm³/mol. The number of hydrogen-bond acceptors (Lipinski definition) is 5. The highest BCUT2D eigenvalue weighted by atomic mass is 35.5. The first-order valence-corrected chi connectivity index (χ1v) is 6.25. The fourth-order valence-corrected chi connectivity index (χ4v) is 2.10. The Balaban J connectivity index is 2.96. The van der Waals surface area contributed by atoms with Crippen molar-refractivity contribution in [2.24, 2.45) is 0 Å². The Kier molecular flexibility index (Phi) is 4.43. The van der Waals surface area contributed by atoms with Crippen LogP contribution < -0.4 is 5.73 Å². The van der Waals surface area contributed by atoms with E-state index < -0.39 is 17.2 Å². The van der Waals surface area contributed by atoms with Crippen molar-refractivity contribution in [2.45, 2.75) is 45.3 Å². The molecular weight excluding hydrogens is 268 g/mol. The summed E-state index contributed by atoms with van der Waals surface area (Å²) in [6.07, 6.45) is 1.19. The van der Waals surface area contributed by atoms with Crippen LogP contribution in [0, 0.1) is 0 Å². The van der Waals surface area contributed by atoms with Gasteiger partial charge in [-0.3, -0.25) is 4.79 Å².